The van der Waals surface area contributed by atoms with E-state index in [-0.39, 0.29) is 0 Å². The summed E-state index contributed by atoms with van der Waals surface area (Å²) in [6.07, 6.45) is -0.955. The fraction of sp³-hybridized carbons (Fsp3) is 0.500. The van der Waals surface area contributed by atoms with Crippen molar-refractivity contribution in [1.82, 2.24) is 0 Å². The number of hydrogen-bond donors (Lipinski definition) is 4. The number of aliphatic hydroxyl groups excluding tert-OH is 2. The molecule has 3 rings (SSSR count). The first-order valence-corrected chi connectivity index (χ1v) is 10.9. The van der Waals surface area contributed by atoms with Gasteiger partial charge in [0.15, 0.2) is 0 Å². The summed E-state index contributed by atoms with van der Waals surface area (Å²) in [5.41, 5.74) is 2.17. The van der Waals surface area contributed by atoms with Crippen LogP contribution in [0.2, 0.25) is 0 Å². The van der Waals surface area contributed by atoms with E-state index < -0.39 is 12.2 Å². The van der Waals surface area contributed by atoms with Crippen LogP contribution < -0.4 is 19.3 Å². The molecular formula is C24H36N2O4+2. The average molecular weight is 417 g/mol. The first-order valence-electron chi connectivity index (χ1n) is 10.9. The summed E-state index contributed by atoms with van der Waals surface area (Å²) in [6, 6.07) is 15.7. The van der Waals surface area contributed by atoms with E-state index in [9.17, 15) is 10.2 Å². The van der Waals surface area contributed by atoms with Crippen molar-refractivity contribution in [2.24, 2.45) is 0 Å². The van der Waals surface area contributed by atoms with Crippen molar-refractivity contribution in [3.8, 4) is 11.5 Å². The zero-order chi connectivity index (χ0) is 21.3. The molecule has 1 saturated heterocycles. The van der Waals surface area contributed by atoms with E-state index in [1.165, 1.54) is 9.80 Å². The van der Waals surface area contributed by atoms with Crippen LogP contribution in [0, 0.1) is 13.8 Å². The van der Waals surface area contributed by atoms with Gasteiger partial charge in [-0.2, -0.15) is 0 Å². The highest BCUT2D eigenvalue weighted by atomic mass is 16.5. The Morgan fingerprint density at radius 2 is 1.07 bits per heavy atom. The van der Waals surface area contributed by atoms with Gasteiger partial charge in [0.2, 0.25) is 0 Å². The van der Waals surface area contributed by atoms with Crippen LogP contribution in [-0.4, -0.2) is 74.9 Å². The van der Waals surface area contributed by atoms with E-state index >= 15 is 0 Å². The number of para-hydroxylation sites is 2. The number of benzene rings is 2. The van der Waals surface area contributed by atoms with Gasteiger partial charge < -0.3 is 29.5 Å². The summed E-state index contributed by atoms with van der Waals surface area (Å²) in [7, 11) is 0. The summed E-state index contributed by atoms with van der Waals surface area (Å²) in [6.45, 7) is 10.00. The maximum Gasteiger partial charge on any atom is 0.137 e. The molecule has 0 aromatic heterocycles. The van der Waals surface area contributed by atoms with Gasteiger partial charge in [0, 0.05) is 0 Å². The lowest BCUT2D eigenvalue weighted by molar-refractivity contribution is -1.01. The molecule has 0 spiro atoms. The Balaban J connectivity index is 1.32. The Morgan fingerprint density at radius 3 is 1.43 bits per heavy atom. The van der Waals surface area contributed by atoms with Crippen molar-refractivity contribution in [1.29, 1.82) is 0 Å². The molecule has 0 radical (unpaired) electrons. The van der Waals surface area contributed by atoms with Crippen LogP contribution in [0.5, 0.6) is 11.5 Å². The molecule has 6 heteroatoms. The van der Waals surface area contributed by atoms with Crippen LogP contribution in [0.4, 0.5) is 0 Å². The van der Waals surface area contributed by atoms with Crippen molar-refractivity contribution in [2.45, 2.75) is 26.1 Å². The third-order valence-corrected chi connectivity index (χ3v) is 5.76. The van der Waals surface area contributed by atoms with Crippen LogP contribution in [0.25, 0.3) is 0 Å². The molecule has 0 unspecified atom stereocenters. The molecule has 1 fully saturated rings. The molecule has 2 atom stereocenters. The minimum atomic E-state index is -0.478. The number of rotatable bonds is 10. The fourth-order valence-corrected chi connectivity index (χ4v) is 3.96. The van der Waals surface area contributed by atoms with Crippen LogP contribution >= 0.6 is 0 Å². The molecular weight excluding hydrogens is 380 g/mol. The molecule has 1 aliphatic rings. The Hall–Kier alpha value is -2.12. The monoisotopic (exact) mass is 416 g/mol. The highest BCUT2D eigenvalue weighted by Gasteiger charge is 2.27. The minimum Gasteiger partial charge on any atom is -0.490 e. The van der Waals surface area contributed by atoms with Crippen molar-refractivity contribution in [2.75, 3.05) is 52.5 Å². The van der Waals surface area contributed by atoms with Gasteiger partial charge in [-0.15, -0.1) is 0 Å². The maximum absolute atomic E-state index is 10.4. The van der Waals surface area contributed by atoms with Gasteiger partial charge in [0.25, 0.3) is 0 Å². The van der Waals surface area contributed by atoms with Crippen molar-refractivity contribution < 1.29 is 29.5 Å². The summed E-state index contributed by atoms with van der Waals surface area (Å²) in [4.78, 5) is 2.79. The summed E-state index contributed by atoms with van der Waals surface area (Å²) in [5.74, 6) is 1.67. The predicted octanol–water partition coefficient (Wildman–Crippen LogP) is -0.734. The highest BCUT2D eigenvalue weighted by Crippen LogP contribution is 2.16. The minimum absolute atomic E-state index is 0.319. The third kappa shape index (κ3) is 6.99. The zero-order valence-electron chi connectivity index (χ0n) is 18.1. The number of hydrogen-bond acceptors (Lipinski definition) is 4. The van der Waals surface area contributed by atoms with Gasteiger partial charge in [-0.25, -0.2) is 0 Å². The number of nitrogens with one attached hydrogen (secondary N) is 2. The normalized spacial score (nSPS) is 21.1. The number of aliphatic hydroxyl groups is 2. The second kappa shape index (κ2) is 11.3. The first kappa shape index (κ1) is 22.6. The lowest BCUT2D eigenvalue weighted by Crippen LogP contribution is -3.29. The van der Waals surface area contributed by atoms with E-state index in [2.05, 4.69) is 0 Å². The van der Waals surface area contributed by atoms with E-state index in [1.807, 2.05) is 62.4 Å². The second-order valence-electron chi connectivity index (χ2n) is 8.37. The van der Waals surface area contributed by atoms with Gasteiger partial charge in [-0.3, -0.25) is 0 Å². The lowest BCUT2D eigenvalue weighted by atomic mass is 10.2. The van der Waals surface area contributed by atoms with Gasteiger partial charge in [0.1, 0.15) is 76.2 Å². The summed E-state index contributed by atoms with van der Waals surface area (Å²) >= 11 is 0. The Labute approximate surface area is 179 Å². The number of ether oxygens (including phenoxy) is 2. The molecule has 30 heavy (non-hydrogen) atoms. The first-order chi connectivity index (χ1) is 14.5. The molecule has 2 aromatic rings. The molecule has 1 heterocycles. The number of piperazine rings is 1. The second-order valence-corrected chi connectivity index (χ2v) is 8.37. The Bertz CT molecular complexity index is 712. The molecule has 2 aromatic carbocycles. The number of quaternary nitrogens is 2. The average Bonchev–Trinajstić information content (AvgIpc) is 2.74. The van der Waals surface area contributed by atoms with Crippen LogP contribution in [0.3, 0.4) is 0 Å². The van der Waals surface area contributed by atoms with E-state index in [1.54, 1.807) is 0 Å². The van der Waals surface area contributed by atoms with Crippen LogP contribution in [0.15, 0.2) is 48.5 Å². The Kier molecular flexibility index (Phi) is 8.51. The quantitative estimate of drug-likeness (QED) is 0.412. The van der Waals surface area contributed by atoms with Crippen molar-refractivity contribution in [3.63, 3.8) is 0 Å². The summed E-state index contributed by atoms with van der Waals surface area (Å²) in [5, 5.41) is 20.7. The third-order valence-electron chi connectivity index (χ3n) is 5.76. The van der Waals surface area contributed by atoms with Gasteiger partial charge in [-0.1, -0.05) is 36.4 Å². The number of aryl methyl sites for hydroxylation is 2. The maximum atomic E-state index is 10.4. The smallest absolute Gasteiger partial charge is 0.137 e. The molecule has 0 aliphatic carbocycles. The van der Waals surface area contributed by atoms with Crippen molar-refractivity contribution in [3.05, 3.63) is 59.7 Å². The lowest BCUT2D eigenvalue weighted by Gasteiger charge is -2.31. The van der Waals surface area contributed by atoms with E-state index in [0.29, 0.717) is 26.3 Å². The zero-order valence-corrected chi connectivity index (χ0v) is 18.1. The Morgan fingerprint density at radius 1 is 0.700 bits per heavy atom. The standard InChI is InChI=1S/C24H34N2O4/c1-19-7-3-5-9-23(19)29-17-21(27)15-25-11-13-26(14-12-25)16-22(28)18-30-24-10-6-4-8-20(24)2/h3-10,21-22,27-28H,11-18H2,1-2H3/p+2/t21-,22+. The predicted molar refractivity (Wildman–Crippen MR) is 116 cm³/mol. The molecule has 6 nitrogen and oxygen atoms in total. The summed E-state index contributed by atoms with van der Waals surface area (Å²) < 4.78 is 11.5. The SMILES string of the molecule is Cc1ccccc1OC[C@@H](O)C[NH+]1CC[NH+](C[C@@H](O)COc2ccccc2C)CC1. The molecule has 0 bridgehead atoms. The van der Waals surface area contributed by atoms with E-state index in [4.69, 9.17) is 9.47 Å². The molecule has 0 saturated carbocycles. The molecule has 0 amide bonds. The van der Waals surface area contributed by atoms with Gasteiger partial charge in [-0.05, 0) is 37.1 Å². The topological polar surface area (TPSA) is 67.8 Å². The van der Waals surface area contributed by atoms with E-state index in [0.717, 1.165) is 48.8 Å². The highest BCUT2D eigenvalue weighted by molar-refractivity contribution is 5.32. The fourth-order valence-electron chi connectivity index (χ4n) is 3.96. The van der Waals surface area contributed by atoms with Crippen LogP contribution in [0.1, 0.15) is 11.1 Å². The molecule has 4 N–H and O–H groups in total. The van der Waals surface area contributed by atoms with Crippen LogP contribution in [-0.2, 0) is 0 Å². The molecule has 1 aliphatic heterocycles. The molecule has 164 valence electrons. The largest absolute Gasteiger partial charge is 0.490 e. The van der Waals surface area contributed by atoms with Gasteiger partial charge in [0.05, 0.1) is 0 Å². The van der Waals surface area contributed by atoms with Gasteiger partial charge >= 0.3 is 0 Å². The van der Waals surface area contributed by atoms with Crippen molar-refractivity contribution >= 4 is 0 Å².